The lowest BCUT2D eigenvalue weighted by Gasteiger charge is -2.35. The summed E-state index contributed by atoms with van der Waals surface area (Å²) in [5.74, 6) is -2.64. The first kappa shape index (κ1) is 37.6. The molecule has 0 spiro atoms. The molecule has 4 aliphatic heterocycles. The molecule has 6 aliphatic rings. The van der Waals surface area contributed by atoms with Gasteiger partial charge in [-0.2, -0.15) is 0 Å². The highest BCUT2D eigenvalue weighted by Crippen LogP contribution is 2.57. The van der Waals surface area contributed by atoms with Gasteiger partial charge in [0, 0.05) is 41.9 Å². The van der Waals surface area contributed by atoms with Gasteiger partial charge in [-0.1, -0.05) is 24.5 Å². The molecule has 2 aromatic carbocycles. The van der Waals surface area contributed by atoms with Crippen molar-refractivity contribution < 1.29 is 53.8 Å². The Hall–Kier alpha value is -4.36. The summed E-state index contributed by atoms with van der Waals surface area (Å²) in [5, 5.41) is 46.2. The fraction of sp³-hybridized carbons (Fsp3) is 0.535. The fourth-order valence-electron chi connectivity index (χ4n) is 9.74. The second-order valence-corrected chi connectivity index (χ2v) is 16.0. The first-order valence-corrected chi connectivity index (χ1v) is 19.7. The van der Waals surface area contributed by atoms with Crippen LogP contribution in [0.2, 0.25) is 0 Å². The average molecular weight is 756 g/mol. The zero-order chi connectivity index (χ0) is 38.6. The van der Waals surface area contributed by atoms with Crippen LogP contribution in [0.4, 0.5) is 0 Å². The Morgan fingerprint density at radius 1 is 1.05 bits per heavy atom. The lowest BCUT2D eigenvalue weighted by Crippen LogP contribution is -2.47. The van der Waals surface area contributed by atoms with E-state index in [2.05, 4.69) is 4.99 Å². The number of aliphatic hydroxyl groups excluding tert-OH is 3. The Labute approximate surface area is 319 Å². The Kier molecular flexibility index (Phi) is 10.2. The largest absolute Gasteiger partial charge is 0.492 e. The number of rotatable bonds is 8. The lowest BCUT2D eigenvalue weighted by molar-refractivity contribution is -0.141. The third kappa shape index (κ3) is 6.31. The minimum absolute atomic E-state index is 0.000835. The fourth-order valence-corrected chi connectivity index (χ4v) is 9.74. The van der Waals surface area contributed by atoms with Crippen LogP contribution in [0, 0.1) is 17.8 Å². The number of carbonyl (C=O) groups excluding carboxylic acids is 3. The number of aldehydes is 1. The van der Waals surface area contributed by atoms with Gasteiger partial charge in [0.2, 0.25) is 5.76 Å². The van der Waals surface area contributed by atoms with E-state index in [9.17, 15) is 34.8 Å². The first-order valence-electron chi connectivity index (χ1n) is 19.7. The number of ketones is 1. The van der Waals surface area contributed by atoms with Gasteiger partial charge in [-0.25, -0.2) is 4.79 Å². The van der Waals surface area contributed by atoms with Gasteiger partial charge in [0.05, 0.1) is 55.0 Å². The smallest absolute Gasteiger partial charge is 0.375 e. The molecule has 2 saturated carbocycles. The third-order valence-electron chi connectivity index (χ3n) is 12.8. The van der Waals surface area contributed by atoms with E-state index in [0.29, 0.717) is 53.7 Å². The van der Waals surface area contributed by atoms with Crippen molar-refractivity contribution in [2.75, 3.05) is 33.0 Å². The van der Waals surface area contributed by atoms with Crippen LogP contribution in [0.5, 0.6) is 17.2 Å². The summed E-state index contributed by atoms with van der Waals surface area (Å²) >= 11 is 0. The maximum atomic E-state index is 14.3. The van der Waals surface area contributed by atoms with Crippen molar-refractivity contribution in [2.24, 2.45) is 22.7 Å². The van der Waals surface area contributed by atoms with E-state index < -0.39 is 42.7 Å². The maximum absolute atomic E-state index is 14.3. The summed E-state index contributed by atoms with van der Waals surface area (Å²) in [6.07, 6.45) is 7.10. The van der Waals surface area contributed by atoms with Crippen molar-refractivity contribution in [3.05, 3.63) is 67.4 Å². The van der Waals surface area contributed by atoms with Gasteiger partial charge in [0.25, 0.3) is 0 Å². The highest BCUT2D eigenvalue weighted by atomic mass is 16.6. The molecule has 0 saturated heterocycles. The molecule has 8 rings (SSSR count). The molecule has 2 bridgehead atoms. The highest BCUT2D eigenvalue weighted by Gasteiger charge is 2.49. The number of nitrogens with zero attached hydrogens (tertiary/aromatic N) is 1. The molecule has 55 heavy (non-hydrogen) atoms. The molecule has 0 aromatic heterocycles. The van der Waals surface area contributed by atoms with E-state index in [1.807, 2.05) is 18.2 Å². The molecule has 5 atom stereocenters. The van der Waals surface area contributed by atoms with E-state index in [0.717, 1.165) is 47.4 Å². The highest BCUT2D eigenvalue weighted by molar-refractivity contribution is 6.11. The molecule has 0 radical (unpaired) electrons. The van der Waals surface area contributed by atoms with E-state index >= 15 is 0 Å². The van der Waals surface area contributed by atoms with Crippen molar-refractivity contribution >= 4 is 29.7 Å². The number of carbonyl (C=O) groups is 3. The molecule has 5 unspecified atom stereocenters. The van der Waals surface area contributed by atoms with Crippen LogP contribution in [0.15, 0.2) is 34.0 Å². The van der Waals surface area contributed by atoms with Crippen molar-refractivity contribution in [1.82, 2.24) is 0 Å². The van der Waals surface area contributed by atoms with Gasteiger partial charge < -0.3 is 39.4 Å². The summed E-state index contributed by atoms with van der Waals surface area (Å²) < 4.78 is 25.1. The van der Waals surface area contributed by atoms with Gasteiger partial charge in [0.15, 0.2) is 6.29 Å². The normalized spacial score (nSPS) is 25.6. The quantitative estimate of drug-likeness (QED) is 0.230. The molecule has 292 valence electrons. The SMILES string of the molecule is CCOC(=O)C1=C(C=O)C2=C3CC(CO)C(=O)C(C3)c3cc4c(cc3CCC(CO)COc3c5c(c(CO)c(c32)O1)OC(C(C)(O)C1CCCC1)C5)=NCC=4. The van der Waals surface area contributed by atoms with Gasteiger partial charge in [-0.15, -0.1) is 0 Å². The minimum atomic E-state index is -1.22. The molecule has 0 amide bonds. The van der Waals surface area contributed by atoms with Crippen molar-refractivity contribution in [3.8, 4) is 17.2 Å². The summed E-state index contributed by atoms with van der Waals surface area (Å²) in [4.78, 5) is 46.0. The Morgan fingerprint density at radius 3 is 2.56 bits per heavy atom. The molecule has 4 N–H and O–H groups in total. The summed E-state index contributed by atoms with van der Waals surface area (Å²) in [6.45, 7) is 2.81. The molecule has 12 heteroatoms. The van der Waals surface area contributed by atoms with E-state index in [4.69, 9.17) is 18.9 Å². The van der Waals surface area contributed by atoms with Crippen LogP contribution in [-0.2, 0) is 38.6 Å². The number of aliphatic hydroxyl groups is 4. The van der Waals surface area contributed by atoms with Crippen LogP contribution < -0.4 is 24.8 Å². The van der Waals surface area contributed by atoms with E-state index in [-0.39, 0.29) is 85.1 Å². The van der Waals surface area contributed by atoms with Gasteiger partial charge in [0.1, 0.15) is 34.7 Å². The Morgan fingerprint density at radius 2 is 1.85 bits per heavy atom. The summed E-state index contributed by atoms with van der Waals surface area (Å²) in [6, 6.07) is 4.01. The number of Topliss-reactive ketones (excluding diaryl/α,β-unsaturated/α-hetero) is 1. The van der Waals surface area contributed by atoms with Crippen molar-refractivity contribution in [1.29, 1.82) is 0 Å². The summed E-state index contributed by atoms with van der Waals surface area (Å²) in [5.41, 5.74) is 2.46. The third-order valence-corrected chi connectivity index (χ3v) is 12.8. The second-order valence-electron chi connectivity index (χ2n) is 16.0. The van der Waals surface area contributed by atoms with Crippen LogP contribution in [0.1, 0.15) is 92.5 Å². The summed E-state index contributed by atoms with van der Waals surface area (Å²) in [7, 11) is 0. The molecular formula is C43H49NO11. The number of allylic oxidation sites excluding steroid dienone is 3. The van der Waals surface area contributed by atoms with Gasteiger partial charge in [-0.3, -0.25) is 14.6 Å². The Balaban J connectivity index is 1.41. The first-order chi connectivity index (χ1) is 26.6. The van der Waals surface area contributed by atoms with E-state index in [1.54, 1.807) is 13.8 Å². The van der Waals surface area contributed by atoms with Crippen LogP contribution in [-0.4, -0.2) is 83.1 Å². The number of benzene rings is 2. The van der Waals surface area contributed by atoms with Crippen molar-refractivity contribution in [2.45, 2.75) is 95.9 Å². The molecular weight excluding hydrogens is 706 g/mol. The predicted molar refractivity (Wildman–Crippen MR) is 199 cm³/mol. The molecule has 4 heterocycles. The number of ether oxygens (including phenoxy) is 4. The van der Waals surface area contributed by atoms with E-state index in [1.165, 1.54) is 0 Å². The van der Waals surface area contributed by atoms with Crippen LogP contribution >= 0.6 is 0 Å². The number of esters is 1. The zero-order valence-corrected chi connectivity index (χ0v) is 31.4. The van der Waals surface area contributed by atoms with Gasteiger partial charge >= 0.3 is 5.97 Å². The molecule has 2 fully saturated rings. The van der Waals surface area contributed by atoms with Crippen LogP contribution in [0.25, 0.3) is 11.6 Å². The molecule has 12 nitrogen and oxygen atoms in total. The zero-order valence-electron chi connectivity index (χ0n) is 31.4. The van der Waals surface area contributed by atoms with Gasteiger partial charge in [-0.05, 0) is 86.8 Å². The Bertz CT molecular complexity index is 2130. The minimum Gasteiger partial charge on any atom is -0.492 e. The molecule has 2 aromatic rings. The number of hydrogen-bond acceptors (Lipinski definition) is 12. The maximum Gasteiger partial charge on any atom is 0.375 e. The van der Waals surface area contributed by atoms with Crippen LogP contribution in [0.3, 0.4) is 0 Å². The average Bonchev–Trinajstić information content (AvgIpc) is 3.99. The topological polar surface area (TPSA) is 181 Å². The second kappa shape index (κ2) is 14.9. The number of fused-ring (bicyclic) bond motifs is 7. The standard InChI is InChI=1S/C43H49NO11/c1-3-52-42(50)41-31(19-47)35-25-12-26(18-46)37(49)29(14-25)28-13-24-10-11-44-33(24)15-23(28)9-8-22(17-45)21-53-39-30-16-34(43(2,51)27-6-4-5-7-27)54-38(30)32(20-48)40(55-41)36(35)39/h10,13,15,19,22,26-27,29,34,45-46,48,51H,3-9,11-12,14,16-18,20-21H2,1-2H3. The van der Waals surface area contributed by atoms with Crippen molar-refractivity contribution in [3.63, 3.8) is 0 Å². The number of aryl methyl sites for hydroxylation is 1. The number of hydrogen-bond donors (Lipinski definition) is 4. The monoisotopic (exact) mass is 755 g/mol. The lowest BCUT2D eigenvalue weighted by atomic mass is 9.70. The predicted octanol–water partition coefficient (Wildman–Crippen LogP) is 2.69. The molecule has 2 aliphatic carbocycles.